The van der Waals surface area contributed by atoms with Gasteiger partial charge in [-0.3, -0.25) is 9.35 Å². The predicted octanol–water partition coefficient (Wildman–Crippen LogP) is 7.54. The summed E-state index contributed by atoms with van der Waals surface area (Å²) < 4.78 is 30.1. The second kappa shape index (κ2) is 22.2. The van der Waals surface area contributed by atoms with Crippen LogP contribution in [0.2, 0.25) is 0 Å². The van der Waals surface area contributed by atoms with Crippen molar-refractivity contribution in [2.45, 2.75) is 142 Å². The van der Waals surface area contributed by atoms with Crippen molar-refractivity contribution < 1.29 is 17.8 Å². The Morgan fingerprint density at radius 3 is 1.38 bits per heavy atom. The molecule has 0 atom stereocenters. The Hall–Kier alpha value is -0.620. The molecule has 0 aromatic carbocycles. The fourth-order valence-electron chi connectivity index (χ4n) is 4.13. The first-order chi connectivity index (χ1) is 15.4. The van der Waals surface area contributed by atoms with Gasteiger partial charge in [-0.25, -0.2) is 0 Å². The van der Waals surface area contributed by atoms with Gasteiger partial charge < -0.3 is 4.90 Å². The summed E-state index contributed by atoms with van der Waals surface area (Å²) in [6.07, 6.45) is 25.7. The summed E-state index contributed by atoms with van der Waals surface area (Å²) in [5.74, 6) is -0.0952. The summed E-state index contributed by atoms with van der Waals surface area (Å²) in [7, 11) is -2.12. The highest BCUT2D eigenvalue weighted by molar-refractivity contribution is 7.85. The van der Waals surface area contributed by atoms with Crippen molar-refractivity contribution >= 4 is 16.0 Å². The molecule has 0 unspecified atom stereocenters. The number of hydrogen-bond acceptors (Lipinski definition) is 3. The number of hydrogen-bond donors (Lipinski definition) is 1. The molecule has 0 fully saturated rings. The lowest BCUT2D eigenvalue weighted by atomic mass is 10.0. The number of amides is 1. The summed E-state index contributed by atoms with van der Waals surface area (Å²) >= 11 is 0. The molecule has 0 aliphatic heterocycles. The van der Waals surface area contributed by atoms with E-state index in [0.29, 0.717) is 25.8 Å². The smallest absolute Gasteiger partial charge is 0.264 e. The molecule has 0 radical (unpaired) electrons. The lowest BCUT2D eigenvalue weighted by Crippen LogP contribution is -2.27. The SMILES string of the molecule is CCCCCCCCCCCCCCCCCCCCC(=O)N(C)CCCCS(=O)(=O)O. The molecule has 0 aliphatic carbocycles. The molecule has 0 aliphatic rings. The van der Waals surface area contributed by atoms with Crippen LogP contribution in [-0.4, -0.2) is 43.1 Å². The van der Waals surface area contributed by atoms with Crippen LogP contribution in [0.15, 0.2) is 0 Å². The minimum atomic E-state index is -3.89. The van der Waals surface area contributed by atoms with Crippen molar-refractivity contribution in [2.24, 2.45) is 0 Å². The summed E-state index contributed by atoms with van der Waals surface area (Å²) in [6, 6.07) is 0. The molecule has 6 heteroatoms. The van der Waals surface area contributed by atoms with Crippen molar-refractivity contribution in [2.75, 3.05) is 19.3 Å². The molecule has 0 aromatic rings. The molecule has 0 spiro atoms. The van der Waals surface area contributed by atoms with E-state index >= 15 is 0 Å². The van der Waals surface area contributed by atoms with Crippen LogP contribution in [-0.2, 0) is 14.9 Å². The number of carbonyl (C=O) groups excluding carboxylic acids is 1. The van der Waals surface area contributed by atoms with Crippen LogP contribution in [0.5, 0.6) is 0 Å². The van der Waals surface area contributed by atoms with Gasteiger partial charge in [0.1, 0.15) is 0 Å². The van der Waals surface area contributed by atoms with Gasteiger partial charge in [-0.2, -0.15) is 8.42 Å². The van der Waals surface area contributed by atoms with Gasteiger partial charge in [0.25, 0.3) is 10.1 Å². The van der Waals surface area contributed by atoms with E-state index in [0.717, 1.165) is 12.8 Å². The van der Waals surface area contributed by atoms with Crippen LogP contribution in [0.4, 0.5) is 0 Å². The molecule has 0 saturated carbocycles. The molecule has 0 saturated heterocycles. The first kappa shape index (κ1) is 31.4. The van der Waals surface area contributed by atoms with Gasteiger partial charge in [-0.1, -0.05) is 116 Å². The molecular weight excluding hydrogens is 422 g/mol. The number of carbonyl (C=O) groups is 1. The Morgan fingerprint density at radius 2 is 1.00 bits per heavy atom. The summed E-state index contributed by atoms with van der Waals surface area (Å²) in [4.78, 5) is 13.7. The monoisotopic (exact) mass is 475 g/mol. The Labute approximate surface area is 199 Å². The fraction of sp³-hybridized carbons (Fsp3) is 0.962. The minimum Gasteiger partial charge on any atom is -0.346 e. The van der Waals surface area contributed by atoms with Crippen molar-refractivity contribution in [3.63, 3.8) is 0 Å². The minimum absolute atomic E-state index is 0.133. The zero-order chi connectivity index (χ0) is 23.9. The topological polar surface area (TPSA) is 74.7 Å². The van der Waals surface area contributed by atoms with Gasteiger partial charge in [0, 0.05) is 20.0 Å². The van der Waals surface area contributed by atoms with Crippen LogP contribution in [0.25, 0.3) is 0 Å². The highest BCUT2D eigenvalue weighted by Gasteiger charge is 2.09. The molecule has 0 aromatic heterocycles. The van der Waals surface area contributed by atoms with E-state index in [1.807, 2.05) is 0 Å². The van der Waals surface area contributed by atoms with Gasteiger partial charge in [0.2, 0.25) is 5.91 Å². The van der Waals surface area contributed by atoms with E-state index in [1.165, 1.54) is 103 Å². The van der Waals surface area contributed by atoms with Crippen molar-refractivity contribution in [3.05, 3.63) is 0 Å². The lowest BCUT2D eigenvalue weighted by molar-refractivity contribution is -0.130. The third-order valence-electron chi connectivity index (χ3n) is 6.32. The van der Waals surface area contributed by atoms with Gasteiger partial charge in [-0.05, 0) is 19.3 Å². The average molecular weight is 476 g/mol. The first-order valence-electron chi connectivity index (χ1n) is 13.6. The molecule has 0 heterocycles. The molecule has 1 N–H and O–H groups in total. The zero-order valence-electron chi connectivity index (χ0n) is 21.3. The molecule has 0 bridgehead atoms. The van der Waals surface area contributed by atoms with Crippen molar-refractivity contribution in [1.29, 1.82) is 0 Å². The molecule has 32 heavy (non-hydrogen) atoms. The van der Waals surface area contributed by atoms with E-state index in [1.54, 1.807) is 11.9 Å². The third kappa shape index (κ3) is 24.0. The van der Waals surface area contributed by atoms with E-state index in [-0.39, 0.29) is 11.7 Å². The second-order valence-corrected chi connectivity index (χ2v) is 11.1. The molecular formula is C26H53NO4S. The van der Waals surface area contributed by atoms with Crippen LogP contribution >= 0.6 is 0 Å². The van der Waals surface area contributed by atoms with Gasteiger partial charge >= 0.3 is 0 Å². The Balaban J connectivity index is 3.29. The molecule has 192 valence electrons. The maximum absolute atomic E-state index is 12.1. The third-order valence-corrected chi connectivity index (χ3v) is 7.12. The quantitative estimate of drug-likeness (QED) is 0.115. The molecule has 5 nitrogen and oxygen atoms in total. The maximum Gasteiger partial charge on any atom is 0.264 e. The summed E-state index contributed by atoms with van der Waals surface area (Å²) in [5, 5.41) is 0. The summed E-state index contributed by atoms with van der Waals surface area (Å²) in [5.41, 5.74) is 0. The largest absolute Gasteiger partial charge is 0.346 e. The summed E-state index contributed by atoms with van der Waals surface area (Å²) in [6.45, 7) is 2.82. The fourth-order valence-corrected chi connectivity index (χ4v) is 4.70. The normalized spacial score (nSPS) is 11.7. The van der Waals surface area contributed by atoms with Crippen LogP contribution in [0.1, 0.15) is 142 Å². The first-order valence-corrected chi connectivity index (χ1v) is 15.2. The Kier molecular flexibility index (Phi) is 21.8. The standard InChI is InChI=1S/C26H53NO4S/c1-3-4-5-6-7-8-9-10-11-12-13-14-15-16-17-18-19-20-23-26(28)27(2)24-21-22-25-32(29,30)31/h3-25H2,1-2H3,(H,29,30,31). The predicted molar refractivity (Wildman–Crippen MR) is 137 cm³/mol. The van der Waals surface area contributed by atoms with E-state index < -0.39 is 10.1 Å². The van der Waals surface area contributed by atoms with Crippen molar-refractivity contribution in [3.8, 4) is 0 Å². The van der Waals surface area contributed by atoms with Crippen molar-refractivity contribution in [1.82, 2.24) is 4.90 Å². The Morgan fingerprint density at radius 1 is 0.625 bits per heavy atom. The molecule has 1 amide bonds. The van der Waals surface area contributed by atoms with Gasteiger partial charge in [-0.15, -0.1) is 0 Å². The van der Waals surface area contributed by atoms with Crippen LogP contribution in [0, 0.1) is 0 Å². The van der Waals surface area contributed by atoms with E-state index in [2.05, 4.69) is 6.92 Å². The van der Waals surface area contributed by atoms with Crippen LogP contribution < -0.4 is 0 Å². The Bertz CT molecular complexity index is 522. The zero-order valence-corrected chi connectivity index (χ0v) is 22.1. The average Bonchev–Trinajstić information content (AvgIpc) is 2.74. The number of nitrogens with zero attached hydrogens (tertiary/aromatic N) is 1. The second-order valence-electron chi connectivity index (χ2n) is 9.57. The lowest BCUT2D eigenvalue weighted by Gasteiger charge is -2.16. The van der Waals surface area contributed by atoms with Crippen LogP contribution in [0.3, 0.4) is 0 Å². The van der Waals surface area contributed by atoms with E-state index in [4.69, 9.17) is 4.55 Å². The van der Waals surface area contributed by atoms with Gasteiger partial charge in [0.15, 0.2) is 0 Å². The maximum atomic E-state index is 12.1. The highest BCUT2D eigenvalue weighted by atomic mass is 32.2. The number of rotatable bonds is 24. The number of unbranched alkanes of at least 4 members (excludes halogenated alkanes) is 18. The highest BCUT2D eigenvalue weighted by Crippen LogP contribution is 2.14. The van der Waals surface area contributed by atoms with Gasteiger partial charge in [0.05, 0.1) is 5.75 Å². The van der Waals surface area contributed by atoms with E-state index in [9.17, 15) is 13.2 Å². The molecule has 0 rings (SSSR count).